The molecule has 2 aromatic rings. The van der Waals surface area contributed by atoms with Crippen LogP contribution in [-0.4, -0.2) is 40.5 Å². The second kappa shape index (κ2) is 5.92. The highest BCUT2D eigenvalue weighted by molar-refractivity contribution is 7.07. The van der Waals surface area contributed by atoms with E-state index in [4.69, 9.17) is 4.74 Å². The molecular weight excluding hydrogens is 310 g/mol. The Kier molecular flexibility index (Phi) is 3.77. The van der Waals surface area contributed by atoms with Crippen molar-refractivity contribution in [2.45, 2.75) is 19.3 Å². The van der Waals surface area contributed by atoms with Crippen molar-refractivity contribution in [3.8, 4) is 5.88 Å². The van der Waals surface area contributed by atoms with E-state index in [-0.39, 0.29) is 11.3 Å². The number of fused-ring (bicyclic) bond motifs is 1. The average molecular weight is 329 g/mol. The van der Waals surface area contributed by atoms with Gasteiger partial charge in [-0.05, 0) is 24.8 Å². The standard InChI is InChI=1S/C17H19N3O2S/c21-16(14-9-23-12-19-14)20-8-13-4-3-6-17(13,10-20)11-22-15-5-1-2-7-18-15/h1-2,5,7,9,12-13H,3-4,6,8,10-11H2/t13-,17+/m0/s1. The van der Waals surface area contributed by atoms with Crippen molar-refractivity contribution in [1.82, 2.24) is 14.9 Å². The van der Waals surface area contributed by atoms with Crippen molar-refractivity contribution >= 4 is 17.2 Å². The molecule has 0 N–H and O–H groups in total. The molecule has 4 rings (SSSR count). The van der Waals surface area contributed by atoms with E-state index < -0.39 is 0 Å². The Morgan fingerprint density at radius 2 is 2.39 bits per heavy atom. The van der Waals surface area contributed by atoms with Gasteiger partial charge in [0.25, 0.3) is 5.91 Å². The van der Waals surface area contributed by atoms with Gasteiger partial charge in [-0.2, -0.15) is 0 Å². The van der Waals surface area contributed by atoms with Gasteiger partial charge in [0.15, 0.2) is 0 Å². The number of hydrogen-bond donors (Lipinski definition) is 0. The van der Waals surface area contributed by atoms with Crippen LogP contribution < -0.4 is 4.74 Å². The first-order valence-electron chi connectivity index (χ1n) is 7.98. The van der Waals surface area contributed by atoms with E-state index in [1.165, 1.54) is 24.2 Å². The summed E-state index contributed by atoms with van der Waals surface area (Å²) in [5.41, 5.74) is 2.35. The molecule has 1 saturated heterocycles. The number of ether oxygens (including phenoxy) is 1. The number of rotatable bonds is 4. The summed E-state index contributed by atoms with van der Waals surface area (Å²) in [7, 11) is 0. The number of hydrogen-bond acceptors (Lipinski definition) is 5. The fourth-order valence-corrected chi connectivity index (χ4v) is 4.46. The zero-order chi connectivity index (χ0) is 15.7. The molecule has 0 bridgehead atoms. The summed E-state index contributed by atoms with van der Waals surface area (Å²) in [6.45, 7) is 2.22. The average Bonchev–Trinajstić information content (AvgIpc) is 3.29. The van der Waals surface area contributed by atoms with Gasteiger partial charge >= 0.3 is 0 Å². The van der Waals surface area contributed by atoms with Gasteiger partial charge in [0, 0.05) is 36.1 Å². The van der Waals surface area contributed by atoms with Crippen LogP contribution in [0.1, 0.15) is 29.8 Å². The van der Waals surface area contributed by atoms with Crippen LogP contribution in [0, 0.1) is 11.3 Å². The quantitative estimate of drug-likeness (QED) is 0.865. The lowest BCUT2D eigenvalue weighted by atomic mass is 9.81. The van der Waals surface area contributed by atoms with Gasteiger partial charge in [0.1, 0.15) is 5.69 Å². The molecule has 1 saturated carbocycles. The second-order valence-electron chi connectivity index (χ2n) is 6.47. The Balaban J connectivity index is 1.47. The van der Waals surface area contributed by atoms with Crippen molar-refractivity contribution in [3.63, 3.8) is 0 Å². The highest BCUT2D eigenvalue weighted by atomic mass is 32.1. The van der Waals surface area contributed by atoms with E-state index in [2.05, 4.69) is 9.97 Å². The summed E-state index contributed by atoms with van der Waals surface area (Å²) < 4.78 is 5.95. The molecular formula is C17H19N3O2S. The molecule has 0 radical (unpaired) electrons. The summed E-state index contributed by atoms with van der Waals surface area (Å²) in [5.74, 6) is 1.24. The summed E-state index contributed by atoms with van der Waals surface area (Å²) in [6, 6.07) is 5.69. The van der Waals surface area contributed by atoms with Crippen LogP contribution in [0.25, 0.3) is 0 Å². The minimum atomic E-state index is 0.0536. The Morgan fingerprint density at radius 1 is 1.43 bits per heavy atom. The van der Waals surface area contributed by atoms with E-state index >= 15 is 0 Å². The SMILES string of the molecule is O=C(c1cscn1)N1C[C@@H]2CCC[C@]2(COc2ccccn2)C1. The molecule has 5 nitrogen and oxygen atoms in total. The molecule has 1 aliphatic heterocycles. The minimum Gasteiger partial charge on any atom is -0.477 e. The van der Waals surface area contributed by atoms with Gasteiger partial charge < -0.3 is 9.64 Å². The van der Waals surface area contributed by atoms with Gasteiger partial charge in [-0.3, -0.25) is 4.79 Å². The Labute approximate surface area is 139 Å². The molecule has 2 fully saturated rings. The van der Waals surface area contributed by atoms with Gasteiger partial charge in [-0.25, -0.2) is 9.97 Å². The fraction of sp³-hybridized carbons (Fsp3) is 0.471. The van der Waals surface area contributed by atoms with Crippen molar-refractivity contribution in [2.75, 3.05) is 19.7 Å². The molecule has 0 unspecified atom stereocenters. The van der Waals surface area contributed by atoms with E-state index in [0.717, 1.165) is 19.5 Å². The molecule has 2 aromatic heterocycles. The number of nitrogens with zero attached hydrogens (tertiary/aromatic N) is 3. The molecule has 2 atom stereocenters. The molecule has 0 aromatic carbocycles. The zero-order valence-electron chi connectivity index (χ0n) is 12.9. The summed E-state index contributed by atoms with van der Waals surface area (Å²) in [4.78, 5) is 22.9. The number of likely N-dealkylation sites (tertiary alicyclic amines) is 1. The van der Waals surface area contributed by atoms with Crippen molar-refractivity contribution in [2.24, 2.45) is 11.3 Å². The Hall–Kier alpha value is -1.95. The number of aromatic nitrogens is 2. The van der Waals surface area contributed by atoms with Crippen LogP contribution in [0.3, 0.4) is 0 Å². The van der Waals surface area contributed by atoms with Crippen LogP contribution in [0.2, 0.25) is 0 Å². The van der Waals surface area contributed by atoms with Crippen LogP contribution in [0.4, 0.5) is 0 Å². The summed E-state index contributed by atoms with van der Waals surface area (Å²) in [6.07, 6.45) is 5.25. The third-order valence-corrected chi connectivity index (χ3v) is 5.71. The first kappa shape index (κ1) is 14.6. The van der Waals surface area contributed by atoms with E-state index in [0.29, 0.717) is 24.1 Å². The highest BCUT2D eigenvalue weighted by Gasteiger charge is 2.51. The Bertz CT molecular complexity index is 676. The molecule has 23 heavy (non-hydrogen) atoms. The maximum absolute atomic E-state index is 12.6. The number of amides is 1. The second-order valence-corrected chi connectivity index (χ2v) is 7.19. The topological polar surface area (TPSA) is 55.3 Å². The van der Waals surface area contributed by atoms with Gasteiger partial charge in [0.05, 0.1) is 12.1 Å². The maximum atomic E-state index is 12.6. The first-order valence-corrected chi connectivity index (χ1v) is 8.92. The maximum Gasteiger partial charge on any atom is 0.273 e. The van der Waals surface area contributed by atoms with Gasteiger partial charge in [0.2, 0.25) is 5.88 Å². The van der Waals surface area contributed by atoms with Crippen molar-refractivity contribution in [1.29, 1.82) is 0 Å². The van der Waals surface area contributed by atoms with Crippen LogP contribution >= 0.6 is 11.3 Å². The smallest absolute Gasteiger partial charge is 0.273 e. The van der Waals surface area contributed by atoms with E-state index in [1.54, 1.807) is 11.7 Å². The number of thiazole rings is 1. The summed E-state index contributed by atoms with van der Waals surface area (Å²) in [5, 5.41) is 1.83. The Morgan fingerprint density at radius 3 is 3.17 bits per heavy atom. The molecule has 0 spiro atoms. The zero-order valence-corrected chi connectivity index (χ0v) is 13.7. The third-order valence-electron chi connectivity index (χ3n) is 5.12. The lowest BCUT2D eigenvalue weighted by Crippen LogP contribution is -2.35. The van der Waals surface area contributed by atoms with Gasteiger partial charge in [-0.15, -0.1) is 11.3 Å². The molecule has 120 valence electrons. The molecule has 1 amide bonds. The highest BCUT2D eigenvalue weighted by Crippen LogP contribution is 2.49. The predicted octanol–water partition coefficient (Wildman–Crippen LogP) is 2.86. The molecule has 6 heteroatoms. The van der Waals surface area contributed by atoms with Crippen LogP contribution in [-0.2, 0) is 0 Å². The number of carbonyl (C=O) groups excluding carboxylic acids is 1. The lowest BCUT2D eigenvalue weighted by molar-refractivity contribution is 0.0740. The largest absolute Gasteiger partial charge is 0.477 e. The fourth-order valence-electron chi connectivity index (χ4n) is 3.94. The number of carbonyl (C=O) groups is 1. The molecule has 2 aliphatic rings. The third kappa shape index (κ3) is 2.72. The van der Waals surface area contributed by atoms with Crippen LogP contribution in [0.5, 0.6) is 5.88 Å². The predicted molar refractivity (Wildman–Crippen MR) is 87.5 cm³/mol. The van der Waals surface area contributed by atoms with E-state index in [9.17, 15) is 4.79 Å². The normalized spacial score (nSPS) is 26.3. The monoisotopic (exact) mass is 329 g/mol. The van der Waals surface area contributed by atoms with Crippen molar-refractivity contribution in [3.05, 3.63) is 41.0 Å². The molecule has 1 aliphatic carbocycles. The number of pyridine rings is 1. The lowest BCUT2D eigenvalue weighted by Gasteiger charge is -2.28. The van der Waals surface area contributed by atoms with E-state index in [1.807, 2.05) is 28.5 Å². The minimum absolute atomic E-state index is 0.0536. The van der Waals surface area contributed by atoms with Crippen molar-refractivity contribution < 1.29 is 9.53 Å². The summed E-state index contributed by atoms with van der Waals surface area (Å²) >= 11 is 1.46. The van der Waals surface area contributed by atoms with Gasteiger partial charge in [-0.1, -0.05) is 12.5 Å². The first-order chi connectivity index (χ1) is 11.3. The van der Waals surface area contributed by atoms with Crippen LogP contribution in [0.15, 0.2) is 35.3 Å². The molecule has 3 heterocycles.